The molecule has 0 heterocycles. The predicted octanol–water partition coefficient (Wildman–Crippen LogP) is 1.73. The van der Waals surface area contributed by atoms with Crippen LogP contribution in [0.15, 0.2) is 12.1 Å². The van der Waals surface area contributed by atoms with Crippen LogP contribution in [-0.4, -0.2) is 33.1 Å². The second-order valence-electron chi connectivity index (χ2n) is 4.26. The molecule has 0 atom stereocenters. The molecule has 1 rings (SSSR count). The smallest absolute Gasteiger partial charge is 0.161 e. The molecule has 100 valence electrons. The summed E-state index contributed by atoms with van der Waals surface area (Å²) in [5.41, 5.74) is 2.36. The first kappa shape index (κ1) is 14.5. The molecule has 4 nitrogen and oxygen atoms in total. The van der Waals surface area contributed by atoms with Gasteiger partial charge in [-0.3, -0.25) is 4.79 Å². The van der Waals surface area contributed by atoms with Crippen LogP contribution in [0, 0.1) is 6.92 Å². The Labute approximate surface area is 108 Å². The lowest BCUT2D eigenvalue weighted by Crippen LogP contribution is -2.23. The molecular formula is C14H21NO3. The summed E-state index contributed by atoms with van der Waals surface area (Å²) in [6.07, 6.45) is 0.861. The Morgan fingerprint density at radius 3 is 2.39 bits per heavy atom. The molecule has 0 saturated heterocycles. The SMILES string of the molecule is COc1cc(C)c(CCNCC(C)=O)cc1OC. The van der Waals surface area contributed by atoms with Crippen LogP contribution in [0.1, 0.15) is 18.1 Å². The third kappa shape index (κ3) is 4.04. The second-order valence-corrected chi connectivity index (χ2v) is 4.26. The maximum atomic E-state index is 10.8. The molecule has 0 aliphatic rings. The monoisotopic (exact) mass is 251 g/mol. The fourth-order valence-electron chi connectivity index (χ4n) is 1.78. The topological polar surface area (TPSA) is 47.6 Å². The molecule has 0 unspecified atom stereocenters. The van der Waals surface area contributed by atoms with Gasteiger partial charge < -0.3 is 14.8 Å². The zero-order valence-corrected chi connectivity index (χ0v) is 11.5. The van der Waals surface area contributed by atoms with Gasteiger partial charge in [-0.25, -0.2) is 0 Å². The maximum absolute atomic E-state index is 10.8. The van der Waals surface area contributed by atoms with Crippen molar-refractivity contribution < 1.29 is 14.3 Å². The summed E-state index contributed by atoms with van der Waals surface area (Å²) in [7, 11) is 3.26. The zero-order valence-electron chi connectivity index (χ0n) is 11.5. The Morgan fingerprint density at radius 1 is 1.22 bits per heavy atom. The van der Waals surface area contributed by atoms with Gasteiger partial charge in [-0.1, -0.05) is 0 Å². The van der Waals surface area contributed by atoms with E-state index in [2.05, 4.69) is 5.32 Å². The van der Waals surface area contributed by atoms with Gasteiger partial charge in [0.05, 0.1) is 20.8 Å². The van der Waals surface area contributed by atoms with Crippen molar-refractivity contribution >= 4 is 5.78 Å². The number of methoxy groups -OCH3 is 2. The number of ether oxygens (including phenoxy) is 2. The Morgan fingerprint density at radius 2 is 1.83 bits per heavy atom. The first-order valence-corrected chi connectivity index (χ1v) is 6.00. The van der Waals surface area contributed by atoms with E-state index in [-0.39, 0.29) is 5.78 Å². The van der Waals surface area contributed by atoms with Crippen molar-refractivity contribution in [3.05, 3.63) is 23.3 Å². The number of hydrogen-bond donors (Lipinski definition) is 1. The normalized spacial score (nSPS) is 10.2. The summed E-state index contributed by atoms with van der Waals surface area (Å²) in [6.45, 7) is 4.82. The van der Waals surface area contributed by atoms with Crippen molar-refractivity contribution in [2.75, 3.05) is 27.3 Å². The number of carbonyl (C=O) groups excluding carboxylic acids is 1. The van der Waals surface area contributed by atoms with Crippen LogP contribution >= 0.6 is 0 Å². The first-order chi connectivity index (χ1) is 8.58. The van der Waals surface area contributed by atoms with Gasteiger partial charge in [0.1, 0.15) is 5.78 Å². The van der Waals surface area contributed by atoms with Crippen molar-refractivity contribution in [2.45, 2.75) is 20.3 Å². The minimum Gasteiger partial charge on any atom is -0.493 e. The highest BCUT2D eigenvalue weighted by Gasteiger charge is 2.08. The van der Waals surface area contributed by atoms with Crippen LogP contribution in [0.25, 0.3) is 0 Å². The van der Waals surface area contributed by atoms with E-state index >= 15 is 0 Å². The van der Waals surface area contributed by atoms with Crippen molar-refractivity contribution in [3.63, 3.8) is 0 Å². The summed E-state index contributed by atoms with van der Waals surface area (Å²) in [5, 5.41) is 3.11. The lowest BCUT2D eigenvalue weighted by Gasteiger charge is -2.12. The fraction of sp³-hybridized carbons (Fsp3) is 0.500. The first-order valence-electron chi connectivity index (χ1n) is 6.00. The average Bonchev–Trinajstić information content (AvgIpc) is 2.35. The molecule has 1 N–H and O–H groups in total. The molecule has 1 aromatic rings. The number of carbonyl (C=O) groups is 1. The molecule has 0 aliphatic carbocycles. The van der Waals surface area contributed by atoms with E-state index in [1.54, 1.807) is 21.1 Å². The van der Waals surface area contributed by atoms with E-state index in [4.69, 9.17) is 9.47 Å². The number of hydrogen-bond acceptors (Lipinski definition) is 4. The van der Waals surface area contributed by atoms with Crippen LogP contribution in [0.5, 0.6) is 11.5 Å². The van der Waals surface area contributed by atoms with Crippen LogP contribution in [0.3, 0.4) is 0 Å². The summed E-state index contributed by atoms with van der Waals surface area (Å²) < 4.78 is 10.5. The van der Waals surface area contributed by atoms with Crippen LogP contribution in [0.4, 0.5) is 0 Å². The summed E-state index contributed by atoms with van der Waals surface area (Å²) in [5.74, 6) is 1.64. The van der Waals surface area contributed by atoms with Crippen molar-refractivity contribution in [1.29, 1.82) is 0 Å². The molecule has 4 heteroatoms. The lowest BCUT2D eigenvalue weighted by atomic mass is 10.0. The van der Waals surface area contributed by atoms with E-state index in [1.807, 2.05) is 19.1 Å². The number of nitrogens with one attached hydrogen (secondary N) is 1. The highest BCUT2D eigenvalue weighted by Crippen LogP contribution is 2.30. The molecule has 0 radical (unpaired) electrons. The third-order valence-electron chi connectivity index (χ3n) is 2.79. The zero-order chi connectivity index (χ0) is 13.5. The van der Waals surface area contributed by atoms with Gasteiger partial charge in [-0.05, 0) is 50.1 Å². The molecular weight excluding hydrogens is 230 g/mol. The average molecular weight is 251 g/mol. The summed E-state index contributed by atoms with van der Waals surface area (Å²) in [6, 6.07) is 3.96. The molecule has 0 aliphatic heterocycles. The van der Waals surface area contributed by atoms with E-state index in [1.165, 1.54) is 5.56 Å². The number of rotatable bonds is 7. The van der Waals surface area contributed by atoms with Crippen molar-refractivity contribution in [3.8, 4) is 11.5 Å². The summed E-state index contributed by atoms with van der Waals surface area (Å²) in [4.78, 5) is 10.8. The van der Waals surface area contributed by atoms with Gasteiger partial charge in [0.15, 0.2) is 11.5 Å². The van der Waals surface area contributed by atoms with Gasteiger partial charge in [-0.15, -0.1) is 0 Å². The van der Waals surface area contributed by atoms with Gasteiger partial charge in [0.2, 0.25) is 0 Å². The van der Waals surface area contributed by atoms with Crippen LogP contribution in [0.2, 0.25) is 0 Å². The Bertz CT molecular complexity index is 416. The van der Waals surface area contributed by atoms with Crippen LogP contribution in [-0.2, 0) is 11.2 Å². The Kier molecular flexibility index (Phi) is 5.65. The number of aryl methyl sites for hydroxylation is 1. The third-order valence-corrected chi connectivity index (χ3v) is 2.79. The lowest BCUT2D eigenvalue weighted by molar-refractivity contribution is -0.116. The highest BCUT2D eigenvalue weighted by atomic mass is 16.5. The van der Waals surface area contributed by atoms with E-state index in [0.29, 0.717) is 6.54 Å². The number of ketones is 1. The summed E-state index contributed by atoms with van der Waals surface area (Å²) >= 11 is 0. The van der Waals surface area contributed by atoms with Gasteiger partial charge in [0, 0.05) is 0 Å². The standard InChI is InChI=1S/C14H21NO3/c1-10-7-13(17-3)14(18-4)8-12(10)5-6-15-9-11(2)16/h7-8,15H,5-6,9H2,1-4H3. The van der Waals surface area contributed by atoms with Crippen LogP contribution < -0.4 is 14.8 Å². The molecule has 0 amide bonds. The maximum Gasteiger partial charge on any atom is 0.161 e. The largest absolute Gasteiger partial charge is 0.493 e. The quantitative estimate of drug-likeness (QED) is 0.750. The molecule has 0 spiro atoms. The molecule has 1 aromatic carbocycles. The fourth-order valence-corrected chi connectivity index (χ4v) is 1.78. The number of benzene rings is 1. The molecule has 0 saturated carbocycles. The predicted molar refractivity (Wildman–Crippen MR) is 71.5 cm³/mol. The van der Waals surface area contributed by atoms with E-state index in [0.717, 1.165) is 30.0 Å². The minimum absolute atomic E-state index is 0.152. The highest BCUT2D eigenvalue weighted by molar-refractivity contribution is 5.77. The van der Waals surface area contributed by atoms with Gasteiger partial charge in [-0.2, -0.15) is 0 Å². The van der Waals surface area contributed by atoms with Gasteiger partial charge >= 0.3 is 0 Å². The minimum atomic E-state index is 0.152. The van der Waals surface area contributed by atoms with E-state index < -0.39 is 0 Å². The van der Waals surface area contributed by atoms with Gasteiger partial charge in [0.25, 0.3) is 0 Å². The Balaban J connectivity index is 2.68. The Hall–Kier alpha value is -1.55. The molecule has 0 fully saturated rings. The van der Waals surface area contributed by atoms with E-state index in [9.17, 15) is 4.79 Å². The molecule has 0 aromatic heterocycles. The van der Waals surface area contributed by atoms with Crippen molar-refractivity contribution in [2.24, 2.45) is 0 Å². The van der Waals surface area contributed by atoms with Crippen molar-refractivity contribution in [1.82, 2.24) is 5.32 Å². The second kappa shape index (κ2) is 7.01. The molecule has 18 heavy (non-hydrogen) atoms. The number of Topliss-reactive ketones (excluding diaryl/α,β-unsaturated/α-hetero) is 1. The molecule has 0 bridgehead atoms.